The molecule has 0 saturated carbocycles. The summed E-state index contributed by atoms with van der Waals surface area (Å²) in [4.78, 5) is 28.6. The molecule has 2 aromatic rings. The first-order valence-electron chi connectivity index (χ1n) is 7.83. The van der Waals surface area contributed by atoms with E-state index in [1.807, 2.05) is 16.5 Å². The van der Waals surface area contributed by atoms with Crippen LogP contribution in [0.15, 0.2) is 18.6 Å². The summed E-state index contributed by atoms with van der Waals surface area (Å²) in [6.07, 6.45) is 4.73. The molecule has 0 spiro atoms. The lowest BCUT2D eigenvalue weighted by Gasteiger charge is -2.32. The van der Waals surface area contributed by atoms with Crippen molar-refractivity contribution in [3.63, 3.8) is 0 Å². The van der Waals surface area contributed by atoms with Gasteiger partial charge in [-0.2, -0.15) is 0 Å². The van der Waals surface area contributed by atoms with Crippen LogP contribution in [0.3, 0.4) is 0 Å². The van der Waals surface area contributed by atoms with Gasteiger partial charge in [0.15, 0.2) is 0 Å². The van der Waals surface area contributed by atoms with Gasteiger partial charge in [-0.3, -0.25) is 10.1 Å². The van der Waals surface area contributed by atoms with E-state index in [0.717, 1.165) is 18.7 Å². The first-order chi connectivity index (χ1) is 12.0. The van der Waals surface area contributed by atoms with Gasteiger partial charge in [0.05, 0.1) is 17.6 Å². The highest BCUT2D eigenvalue weighted by molar-refractivity contribution is 5.90. The van der Waals surface area contributed by atoms with Gasteiger partial charge in [0.1, 0.15) is 12.2 Å². The molecule has 3 rings (SSSR count). The predicted molar refractivity (Wildman–Crippen MR) is 87.4 cm³/mol. The predicted octanol–water partition coefficient (Wildman–Crippen LogP) is 1.29. The molecule has 132 valence electrons. The van der Waals surface area contributed by atoms with Crippen molar-refractivity contribution < 1.29 is 14.5 Å². The molecule has 1 saturated heterocycles. The van der Waals surface area contributed by atoms with E-state index in [2.05, 4.69) is 19.9 Å². The zero-order valence-electron chi connectivity index (χ0n) is 14.0. The Labute approximate surface area is 143 Å². The number of ether oxygens (including phenoxy) is 1. The molecule has 10 heteroatoms. The van der Waals surface area contributed by atoms with Gasteiger partial charge in [-0.25, -0.2) is 9.78 Å². The van der Waals surface area contributed by atoms with Crippen LogP contribution < -0.4 is 4.90 Å². The Morgan fingerprint density at radius 1 is 1.48 bits per heavy atom. The zero-order valence-corrected chi connectivity index (χ0v) is 14.0. The number of anilines is 1. The molecule has 0 N–H and O–H groups in total. The number of carbonyl (C=O) groups is 1. The van der Waals surface area contributed by atoms with Gasteiger partial charge in [-0.05, 0) is 12.8 Å². The van der Waals surface area contributed by atoms with Gasteiger partial charge < -0.3 is 14.2 Å². The summed E-state index contributed by atoms with van der Waals surface area (Å²) in [5, 5.41) is 19.5. The van der Waals surface area contributed by atoms with E-state index in [9.17, 15) is 14.9 Å². The van der Waals surface area contributed by atoms with E-state index in [0.29, 0.717) is 13.1 Å². The van der Waals surface area contributed by atoms with Crippen LogP contribution in [0.25, 0.3) is 0 Å². The maximum Gasteiger partial charge on any atom is 0.339 e. The lowest BCUT2D eigenvalue weighted by atomic mass is 9.97. The monoisotopic (exact) mass is 346 g/mol. The summed E-state index contributed by atoms with van der Waals surface area (Å²) >= 11 is 0. The number of aryl methyl sites for hydroxylation is 1. The smallest absolute Gasteiger partial charge is 0.339 e. The van der Waals surface area contributed by atoms with Crippen LogP contribution in [0.2, 0.25) is 0 Å². The van der Waals surface area contributed by atoms with Gasteiger partial charge in [-0.1, -0.05) is 0 Å². The quantitative estimate of drug-likeness (QED) is 0.462. The fourth-order valence-electron chi connectivity index (χ4n) is 3.10. The molecular formula is C15H18N6O4. The average molecular weight is 346 g/mol. The van der Waals surface area contributed by atoms with Crippen molar-refractivity contribution in [2.45, 2.75) is 18.8 Å². The molecule has 0 aliphatic carbocycles. The molecule has 1 unspecified atom stereocenters. The number of esters is 1. The Hall–Kier alpha value is -3.04. The number of pyridine rings is 1. The lowest BCUT2D eigenvalue weighted by molar-refractivity contribution is -0.384. The Morgan fingerprint density at radius 3 is 2.92 bits per heavy atom. The van der Waals surface area contributed by atoms with Crippen molar-refractivity contribution in [1.82, 2.24) is 19.7 Å². The van der Waals surface area contributed by atoms with E-state index in [1.54, 1.807) is 6.33 Å². The number of hydrogen-bond donors (Lipinski definition) is 0. The molecule has 0 amide bonds. The number of nitro groups is 1. The topological polar surface area (TPSA) is 116 Å². The third kappa shape index (κ3) is 3.28. The second-order valence-electron chi connectivity index (χ2n) is 5.90. The highest BCUT2D eigenvalue weighted by Gasteiger charge is 2.30. The van der Waals surface area contributed by atoms with Crippen LogP contribution in [0.5, 0.6) is 0 Å². The summed E-state index contributed by atoms with van der Waals surface area (Å²) in [6.45, 7) is 1.21. The van der Waals surface area contributed by atoms with Crippen LogP contribution in [-0.2, 0) is 11.8 Å². The second-order valence-corrected chi connectivity index (χ2v) is 5.90. The standard InChI is InChI=1S/C15H18N6O4/c1-19-9-17-18-13(19)10-4-3-5-20(8-10)14-12(21(23)24)6-11(7-16-14)15(22)25-2/h6-7,9-10H,3-5,8H2,1-2H3. The molecule has 1 atom stereocenters. The number of carbonyl (C=O) groups excluding carboxylic acids is 1. The molecule has 0 radical (unpaired) electrons. The van der Waals surface area contributed by atoms with E-state index in [4.69, 9.17) is 0 Å². The van der Waals surface area contributed by atoms with Gasteiger partial charge >= 0.3 is 11.7 Å². The first kappa shape index (κ1) is 16.8. The van der Waals surface area contributed by atoms with Gasteiger partial charge in [0, 0.05) is 38.3 Å². The van der Waals surface area contributed by atoms with Gasteiger partial charge in [0.2, 0.25) is 5.82 Å². The van der Waals surface area contributed by atoms with Crippen molar-refractivity contribution in [2.24, 2.45) is 7.05 Å². The van der Waals surface area contributed by atoms with E-state index < -0.39 is 10.9 Å². The molecule has 0 bridgehead atoms. The summed E-state index contributed by atoms with van der Waals surface area (Å²) in [7, 11) is 3.10. The zero-order chi connectivity index (χ0) is 18.0. The van der Waals surface area contributed by atoms with Crippen molar-refractivity contribution in [3.05, 3.63) is 40.1 Å². The van der Waals surface area contributed by atoms with Crippen LogP contribution in [0.4, 0.5) is 11.5 Å². The van der Waals surface area contributed by atoms with E-state index in [1.165, 1.54) is 19.4 Å². The Balaban J connectivity index is 1.91. The fourth-order valence-corrected chi connectivity index (χ4v) is 3.10. The normalized spacial score (nSPS) is 17.4. The third-order valence-corrected chi connectivity index (χ3v) is 4.30. The number of nitrogens with zero attached hydrogens (tertiary/aromatic N) is 6. The van der Waals surface area contributed by atoms with Crippen LogP contribution >= 0.6 is 0 Å². The fraction of sp³-hybridized carbons (Fsp3) is 0.467. The number of aromatic nitrogens is 4. The van der Waals surface area contributed by atoms with Gasteiger partial charge in [0.25, 0.3) is 0 Å². The molecule has 25 heavy (non-hydrogen) atoms. The molecule has 1 aliphatic heterocycles. The summed E-state index contributed by atoms with van der Waals surface area (Å²) < 4.78 is 6.46. The van der Waals surface area contributed by atoms with Crippen LogP contribution in [-0.4, -0.2) is 50.8 Å². The van der Waals surface area contributed by atoms with Gasteiger partial charge in [-0.15, -0.1) is 10.2 Å². The Kier molecular flexibility index (Phi) is 4.59. The molecule has 2 aromatic heterocycles. The molecular weight excluding hydrogens is 328 g/mol. The number of rotatable bonds is 4. The minimum Gasteiger partial charge on any atom is -0.465 e. The molecule has 1 fully saturated rings. The van der Waals surface area contributed by atoms with Crippen molar-refractivity contribution >= 4 is 17.5 Å². The summed E-state index contributed by atoms with van der Waals surface area (Å²) in [5.74, 6) is 0.559. The largest absolute Gasteiger partial charge is 0.465 e. The number of piperidine rings is 1. The molecule has 1 aliphatic rings. The summed E-state index contributed by atoms with van der Waals surface area (Å²) in [5.41, 5.74) is -0.152. The SMILES string of the molecule is COC(=O)c1cnc(N2CCCC(c3nncn3C)C2)c([N+](=O)[O-])c1. The van der Waals surface area contributed by atoms with Crippen molar-refractivity contribution in [3.8, 4) is 0 Å². The Morgan fingerprint density at radius 2 is 2.28 bits per heavy atom. The maximum absolute atomic E-state index is 11.6. The average Bonchev–Trinajstić information content (AvgIpc) is 3.06. The lowest BCUT2D eigenvalue weighted by Crippen LogP contribution is -2.36. The van der Waals surface area contributed by atoms with Crippen LogP contribution in [0, 0.1) is 10.1 Å². The highest BCUT2D eigenvalue weighted by Crippen LogP contribution is 2.33. The first-order valence-corrected chi connectivity index (χ1v) is 7.83. The minimum absolute atomic E-state index is 0.0554. The molecule has 3 heterocycles. The minimum atomic E-state index is -0.655. The highest BCUT2D eigenvalue weighted by atomic mass is 16.6. The van der Waals surface area contributed by atoms with Crippen molar-refractivity contribution in [2.75, 3.05) is 25.1 Å². The third-order valence-electron chi connectivity index (χ3n) is 4.30. The second kappa shape index (κ2) is 6.83. The number of methoxy groups -OCH3 is 1. The molecule has 0 aromatic carbocycles. The molecule has 10 nitrogen and oxygen atoms in total. The Bertz CT molecular complexity index is 805. The number of hydrogen-bond acceptors (Lipinski definition) is 8. The maximum atomic E-state index is 11.6. The van der Waals surface area contributed by atoms with Crippen LogP contribution in [0.1, 0.15) is 34.9 Å². The van der Waals surface area contributed by atoms with E-state index in [-0.39, 0.29) is 23.0 Å². The van der Waals surface area contributed by atoms with E-state index >= 15 is 0 Å². The summed E-state index contributed by atoms with van der Waals surface area (Å²) in [6, 6.07) is 1.21. The van der Waals surface area contributed by atoms with Crippen molar-refractivity contribution in [1.29, 1.82) is 0 Å².